The van der Waals surface area contributed by atoms with E-state index in [-0.39, 0.29) is 0 Å². The van der Waals surface area contributed by atoms with E-state index in [9.17, 15) is 20.4 Å². The van der Waals surface area contributed by atoms with Crippen molar-refractivity contribution in [3.8, 4) is 5.75 Å². The van der Waals surface area contributed by atoms with Gasteiger partial charge < -0.3 is 29.9 Å². The maximum Gasteiger partial charge on any atom is 0.229 e. The summed E-state index contributed by atoms with van der Waals surface area (Å²) in [5, 5.41) is 40.5. The van der Waals surface area contributed by atoms with Gasteiger partial charge >= 0.3 is 0 Å². The summed E-state index contributed by atoms with van der Waals surface area (Å²) in [6.45, 7) is -0.486. The van der Waals surface area contributed by atoms with Gasteiger partial charge in [0.05, 0.1) is 6.61 Å². The molecule has 0 spiro atoms. The van der Waals surface area contributed by atoms with Gasteiger partial charge in [-0.2, -0.15) is 0 Å². The second-order valence-electron chi connectivity index (χ2n) is 5.29. The van der Waals surface area contributed by atoms with Gasteiger partial charge in [0.15, 0.2) is 0 Å². The number of rotatable bonds is 3. The number of aliphatic hydroxyl groups is 4. The summed E-state index contributed by atoms with van der Waals surface area (Å²) in [6.07, 6.45) is -6.44. The summed E-state index contributed by atoms with van der Waals surface area (Å²) in [5.41, 5.74) is 0. The van der Waals surface area contributed by atoms with Gasteiger partial charge in [-0.15, -0.1) is 0 Å². The van der Waals surface area contributed by atoms with Crippen LogP contribution in [0, 0.1) is 0 Å². The lowest BCUT2D eigenvalue weighted by molar-refractivity contribution is -0.277. The zero-order valence-corrected chi connectivity index (χ0v) is 11.7. The highest BCUT2D eigenvalue weighted by Crippen LogP contribution is 2.29. The van der Waals surface area contributed by atoms with Crippen molar-refractivity contribution in [2.75, 3.05) is 6.61 Å². The van der Waals surface area contributed by atoms with Gasteiger partial charge in [-0.05, 0) is 11.5 Å². The van der Waals surface area contributed by atoms with E-state index in [4.69, 9.17) is 9.47 Å². The van der Waals surface area contributed by atoms with Crippen molar-refractivity contribution in [1.82, 2.24) is 0 Å². The summed E-state index contributed by atoms with van der Waals surface area (Å²) in [4.78, 5) is 0. The van der Waals surface area contributed by atoms with Crippen LogP contribution in [0.3, 0.4) is 0 Å². The van der Waals surface area contributed by atoms with Gasteiger partial charge in [-0.1, -0.05) is 36.4 Å². The Bertz CT molecular complexity index is 638. The van der Waals surface area contributed by atoms with E-state index in [1.165, 1.54) is 0 Å². The van der Waals surface area contributed by atoms with Crippen LogP contribution in [0.1, 0.15) is 0 Å². The molecule has 1 aliphatic rings. The van der Waals surface area contributed by atoms with Crippen molar-refractivity contribution < 1.29 is 29.9 Å². The Labute approximate surface area is 127 Å². The van der Waals surface area contributed by atoms with Crippen molar-refractivity contribution >= 4 is 10.8 Å². The topological polar surface area (TPSA) is 99.4 Å². The van der Waals surface area contributed by atoms with E-state index in [2.05, 4.69) is 0 Å². The molecule has 1 unspecified atom stereocenters. The molecule has 0 amide bonds. The van der Waals surface area contributed by atoms with Crippen molar-refractivity contribution in [3.63, 3.8) is 0 Å². The Kier molecular flexibility index (Phi) is 4.28. The fraction of sp³-hybridized carbons (Fsp3) is 0.375. The standard InChI is InChI=1S/C16H18O6/c17-8-12-13(18)14(19)15(20)16(22-12)21-11-7-3-5-9-4-1-2-6-10(9)11/h1-7,12-20H,8H2/t12-,13+,14+,15-,16?/m1/s1. The predicted octanol–water partition coefficient (Wildman–Crippen LogP) is 0.0185. The second-order valence-corrected chi connectivity index (χ2v) is 5.29. The zero-order valence-electron chi connectivity index (χ0n) is 11.7. The molecule has 6 heteroatoms. The lowest BCUT2D eigenvalue weighted by Gasteiger charge is -2.39. The fourth-order valence-electron chi connectivity index (χ4n) is 2.59. The highest BCUT2D eigenvalue weighted by molar-refractivity contribution is 5.88. The van der Waals surface area contributed by atoms with Gasteiger partial charge in [-0.25, -0.2) is 0 Å². The number of hydrogen-bond acceptors (Lipinski definition) is 6. The smallest absolute Gasteiger partial charge is 0.229 e. The average Bonchev–Trinajstić information content (AvgIpc) is 2.55. The third-order valence-corrected chi connectivity index (χ3v) is 3.84. The SMILES string of the molecule is OC[C@H]1OC(Oc2cccc3ccccc23)[C@H](O)[C@@H](O)[C@H]1O. The molecule has 0 aliphatic carbocycles. The Morgan fingerprint density at radius 2 is 1.64 bits per heavy atom. The highest BCUT2D eigenvalue weighted by atomic mass is 16.7. The van der Waals surface area contributed by atoms with Crippen LogP contribution in [-0.4, -0.2) is 57.7 Å². The van der Waals surface area contributed by atoms with E-state index in [0.717, 1.165) is 10.8 Å². The molecular weight excluding hydrogens is 288 g/mol. The molecule has 1 fully saturated rings. The van der Waals surface area contributed by atoms with E-state index in [0.29, 0.717) is 5.75 Å². The van der Waals surface area contributed by atoms with Crippen LogP contribution in [0.4, 0.5) is 0 Å². The number of ether oxygens (including phenoxy) is 2. The minimum Gasteiger partial charge on any atom is -0.461 e. The molecule has 3 rings (SSSR count). The van der Waals surface area contributed by atoms with Crippen LogP contribution in [0.25, 0.3) is 10.8 Å². The molecule has 1 aliphatic heterocycles. The molecule has 4 N–H and O–H groups in total. The molecule has 1 saturated heterocycles. The summed E-state index contributed by atoms with van der Waals surface area (Å²) < 4.78 is 11.0. The monoisotopic (exact) mass is 306 g/mol. The molecule has 118 valence electrons. The summed E-state index contributed by atoms with van der Waals surface area (Å²) in [6, 6.07) is 13.0. The number of benzene rings is 2. The second kappa shape index (κ2) is 6.20. The molecule has 0 saturated carbocycles. The summed E-state index contributed by atoms with van der Waals surface area (Å²) >= 11 is 0. The van der Waals surface area contributed by atoms with Crippen molar-refractivity contribution in [2.45, 2.75) is 30.7 Å². The van der Waals surface area contributed by atoms with Crippen molar-refractivity contribution in [3.05, 3.63) is 42.5 Å². The first-order valence-corrected chi connectivity index (χ1v) is 7.07. The summed E-state index contributed by atoms with van der Waals surface area (Å²) in [5.74, 6) is 0.488. The minimum absolute atomic E-state index is 0.486. The van der Waals surface area contributed by atoms with Gasteiger partial charge in [0.2, 0.25) is 6.29 Å². The third-order valence-electron chi connectivity index (χ3n) is 3.84. The molecule has 2 aromatic rings. The Morgan fingerprint density at radius 1 is 0.909 bits per heavy atom. The fourth-order valence-corrected chi connectivity index (χ4v) is 2.59. The normalized spacial score (nSPS) is 32.1. The van der Waals surface area contributed by atoms with Crippen molar-refractivity contribution in [1.29, 1.82) is 0 Å². The first kappa shape index (κ1) is 15.2. The highest BCUT2D eigenvalue weighted by Gasteiger charge is 2.44. The molecule has 0 bridgehead atoms. The van der Waals surface area contributed by atoms with Crippen LogP contribution in [0.15, 0.2) is 42.5 Å². The average molecular weight is 306 g/mol. The quantitative estimate of drug-likeness (QED) is 0.638. The largest absolute Gasteiger partial charge is 0.461 e. The molecule has 5 atom stereocenters. The Hall–Kier alpha value is -1.70. The number of fused-ring (bicyclic) bond motifs is 1. The maximum atomic E-state index is 10.0. The van der Waals surface area contributed by atoms with E-state index in [1.807, 2.05) is 36.4 Å². The van der Waals surface area contributed by atoms with E-state index < -0.39 is 37.3 Å². The van der Waals surface area contributed by atoms with Crippen LogP contribution < -0.4 is 4.74 Å². The first-order chi connectivity index (χ1) is 10.6. The summed E-state index contributed by atoms with van der Waals surface area (Å²) in [7, 11) is 0. The molecule has 0 aromatic heterocycles. The molecule has 6 nitrogen and oxygen atoms in total. The van der Waals surface area contributed by atoms with Gasteiger partial charge in [-0.3, -0.25) is 0 Å². The zero-order chi connectivity index (χ0) is 15.7. The molecule has 2 aromatic carbocycles. The predicted molar refractivity (Wildman–Crippen MR) is 78.3 cm³/mol. The van der Waals surface area contributed by atoms with E-state index >= 15 is 0 Å². The molecule has 1 heterocycles. The first-order valence-electron chi connectivity index (χ1n) is 7.07. The van der Waals surface area contributed by atoms with Gasteiger partial charge in [0, 0.05) is 5.39 Å². The number of aliphatic hydroxyl groups excluding tert-OH is 4. The molecule has 0 radical (unpaired) electrons. The van der Waals surface area contributed by atoms with Gasteiger partial charge in [0.1, 0.15) is 30.2 Å². The van der Waals surface area contributed by atoms with E-state index in [1.54, 1.807) is 6.07 Å². The number of hydrogen-bond donors (Lipinski definition) is 4. The maximum absolute atomic E-state index is 10.0. The molecule has 22 heavy (non-hydrogen) atoms. The van der Waals surface area contributed by atoms with Gasteiger partial charge in [0.25, 0.3) is 0 Å². The Balaban J connectivity index is 1.87. The Morgan fingerprint density at radius 3 is 2.41 bits per heavy atom. The third kappa shape index (κ3) is 2.67. The van der Waals surface area contributed by atoms with Crippen LogP contribution >= 0.6 is 0 Å². The minimum atomic E-state index is -1.45. The van der Waals surface area contributed by atoms with Crippen LogP contribution in [-0.2, 0) is 4.74 Å². The van der Waals surface area contributed by atoms with Crippen LogP contribution in [0.2, 0.25) is 0 Å². The lowest BCUT2D eigenvalue weighted by atomic mass is 9.99. The lowest BCUT2D eigenvalue weighted by Crippen LogP contribution is -2.60. The van der Waals surface area contributed by atoms with Crippen LogP contribution in [0.5, 0.6) is 5.75 Å². The molecular formula is C16H18O6. The van der Waals surface area contributed by atoms with Crippen molar-refractivity contribution in [2.24, 2.45) is 0 Å².